The molecular weight excluding hydrogens is 240 g/mol. The van der Waals surface area contributed by atoms with E-state index < -0.39 is 0 Å². The molecule has 1 aromatic carbocycles. The number of Topliss-reactive ketones (excluding diaryl/α,β-unsaturated/α-hetero) is 1. The summed E-state index contributed by atoms with van der Waals surface area (Å²) in [5.41, 5.74) is 0.946. The van der Waals surface area contributed by atoms with Crippen molar-refractivity contribution in [2.75, 3.05) is 0 Å². The van der Waals surface area contributed by atoms with Crippen molar-refractivity contribution in [3.63, 3.8) is 0 Å². The van der Waals surface area contributed by atoms with Gasteiger partial charge in [0.25, 0.3) is 0 Å². The number of carbonyl (C=O) groups is 1. The molecule has 1 aliphatic carbocycles. The van der Waals surface area contributed by atoms with E-state index in [1.54, 1.807) is 11.3 Å². The number of thiophene rings is 1. The van der Waals surface area contributed by atoms with E-state index in [4.69, 9.17) is 0 Å². The average molecular weight is 258 g/mol. The highest BCUT2D eigenvalue weighted by Crippen LogP contribution is 2.33. The van der Waals surface area contributed by atoms with E-state index >= 15 is 0 Å². The Balaban J connectivity index is 1.94. The molecule has 0 N–H and O–H groups in total. The van der Waals surface area contributed by atoms with Crippen LogP contribution in [0.15, 0.2) is 29.6 Å². The maximum atomic E-state index is 12.7. The summed E-state index contributed by atoms with van der Waals surface area (Å²) in [4.78, 5) is 12.7. The van der Waals surface area contributed by atoms with Gasteiger partial charge in [-0.05, 0) is 41.7 Å². The molecule has 1 aromatic heterocycles. The summed E-state index contributed by atoms with van der Waals surface area (Å²) in [5, 5.41) is 3.28. The van der Waals surface area contributed by atoms with Gasteiger partial charge in [-0.2, -0.15) is 0 Å². The van der Waals surface area contributed by atoms with Crippen molar-refractivity contribution >= 4 is 27.2 Å². The molecule has 1 nitrogen and oxygen atoms in total. The van der Waals surface area contributed by atoms with Crippen LogP contribution >= 0.6 is 11.3 Å². The van der Waals surface area contributed by atoms with Crippen LogP contribution in [-0.4, -0.2) is 5.78 Å². The van der Waals surface area contributed by atoms with Crippen LogP contribution < -0.4 is 0 Å². The van der Waals surface area contributed by atoms with E-state index in [1.807, 2.05) is 12.1 Å². The fraction of sp³-hybridized carbons (Fsp3) is 0.438. The monoisotopic (exact) mass is 258 g/mol. The molecule has 0 spiro atoms. The van der Waals surface area contributed by atoms with Crippen LogP contribution in [0, 0.1) is 11.8 Å². The number of rotatable bonds is 2. The van der Waals surface area contributed by atoms with Crippen LogP contribution in [0.25, 0.3) is 10.1 Å². The Hall–Kier alpha value is -1.15. The standard InChI is InChI=1S/C16H18OS/c1-11-4-2-6-13(10-11)15(17)14-7-3-5-12-8-9-18-16(12)14/h3,5,7-9,11,13H,2,4,6,10H2,1H3. The van der Waals surface area contributed by atoms with Gasteiger partial charge in [0.15, 0.2) is 5.78 Å². The minimum atomic E-state index is 0.251. The quantitative estimate of drug-likeness (QED) is 0.699. The molecule has 2 atom stereocenters. The summed E-state index contributed by atoms with van der Waals surface area (Å²) < 4.78 is 1.17. The summed E-state index contributed by atoms with van der Waals surface area (Å²) in [6.07, 6.45) is 4.64. The van der Waals surface area contributed by atoms with Gasteiger partial charge in [0.2, 0.25) is 0 Å². The Morgan fingerprint density at radius 2 is 2.17 bits per heavy atom. The van der Waals surface area contributed by atoms with Gasteiger partial charge in [-0.1, -0.05) is 31.9 Å². The number of fused-ring (bicyclic) bond motifs is 1. The van der Waals surface area contributed by atoms with Gasteiger partial charge < -0.3 is 0 Å². The molecule has 2 unspecified atom stereocenters. The van der Waals surface area contributed by atoms with Crippen LogP contribution in [0.5, 0.6) is 0 Å². The number of carbonyl (C=O) groups excluding carboxylic acids is 1. The highest BCUT2D eigenvalue weighted by atomic mass is 32.1. The molecule has 0 saturated heterocycles. The Labute approximate surface area is 112 Å². The summed E-state index contributed by atoms with van der Waals surface area (Å²) in [6, 6.07) is 8.20. The van der Waals surface area contributed by atoms with Crippen molar-refractivity contribution in [1.82, 2.24) is 0 Å². The second kappa shape index (κ2) is 4.85. The number of hydrogen-bond acceptors (Lipinski definition) is 2. The number of benzene rings is 1. The van der Waals surface area contributed by atoms with E-state index in [0.29, 0.717) is 11.7 Å². The van der Waals surface area contributed by atoms with Gasteiger partial charge in [-0.15, -0.1) is 11.3 Å². The lowest BCUT2D eigenvalue weighted by molar-refractivity contribution is 0.0870. The molecule has 0 aliphatic heterocycles. The predicted octanol–water partition coefficient (Wildman–Crippen LogP) is 4.91. The van der Waals surface area contributed by atoms with Crippen LogP contribution in [0.4, 0.5) is 0 Å². The first-order valence-corrected chi connectivity index (χ1v) is 7.64. The lowest BCUT2D eigenvalue weighted by atomic mass is 9.79. The van der Waals surface area contributed by atoms with E-state index in [1.165, 1.54) is 22.9 Å². The van der Waals surface area contributed by atoms with E-state index in [9.17, 15) is 4.79 Å². The van der Waals surface area contributed by atoms with Crippen LogP contribution in [0.1, 0.15) is 43.0 Å². The molecule has 1 heterocycles. The molecule has 0 radical (unpaired) electrons. The highest BCUT2D eigenvalue weighted by Gasteiger charge is 2.26. The maximum Gasteiger partial charge on any atom is 0.167 e. The third-order valence-electron chi connectivity index (χ3n) is 4.05. The van der Waals surface area contributed by atoms with Gasteiger partial charge >= 0.3 is 0 Å². The summed E-state index contributed by atoms with van der Waals surface area (Å²) in [7, 11) is 0. The molecule has 18 heavy (non-hydrogen) atoms. The van der Waals surface area contributed by atoms with Gasteiger partial charge in [0.1, 0.15) is 0 Å². The highest BCUT2D eigenvalue weighted by molar-refractivity contribution is 7.17. The van der Waals surface area contributed by atoms with Gasteiger partial charge in [0.05, 0.1) is 0 Å². The first-order valence-electron chi connectivity index (χ1n) is 6.76. The second-order valence-corrected chi connectivity index (χ2v) is 6.39. The van der Waals surface area contributed by atoms with Crippen molar-refractivity contribution in [3.05, 3.63) is 35.2 Å². The van der Waals surface area contributed by atoms with Gasteiger partial charge in [-0.3, -0.25) is 4.79 Å². The lowest BCUT2D eigenvalue weighted by Crippen LogP contribution is -2.21. The van der Waals surface area contributed by atoms with E-state index in [0.717, 1.165) is 18.4 Å². The molecule has 1 saturated carbocycles. The van der Waals surface area contributed by atoms with Crippen molar-refractivity contribution in [2.45, 2.75) is 32.6 Å². The minimum absolute atomic E-state index is 0.251. The minimum Gasteiger partial charge on any atom is -0.294 e. The molecule has 3 rings (SSSR count). The third-order valence-corrected chi connectivity index (χ3v) is 5.02. The molecular formula is C16H18OS. The van der Waals surface area contributed by atoms with E-state index in [2.05, 4.69) is 24.4 Å². The van der Waals surface area contributed by atoms with Gasteiger partial charge in [-0.25, -0.2) is 0 Å². The third kappa shape index (κ3) is 2.10. The van der Waals surface area contributed by atoms with Crippen molar-refractivity contribution < 1.29 is 4.79 Å². The molecule has 94 valence electrons. The molecule has 1 aliphatic rings. The molecule has 1 fully saturated rings. The molecule has 2 heteroatoms. The Morgan fingerprint density at radius 1 is 1.28 bits per heavy atom. The summed E-state index contributed by atoms with van der Waals surface area (Å²) >= 11 is 1.69. The average Bonchev–Trinajstić information content (AvgIpc) is 2.86. The summed E-state index contributed by atoms with van der Waals surface area (Å²) in [6.45, 7) is 2.27. The fourth-order valence-electron chi connectivity index (χ4n) is 3.08. The van der Waals surface area contributed by atoms with Crippen molar-refractivity contribution in [1.29, 1.82) is 0 Å². The SMILES string of the molecule is CC1CCCC(C(=O)c2cccc3ccsc23)C1. The Kier molecular flexibility index (Phi) is 3.21. The van der Waals surface area contributed by atoms with Crippen molar-refractivity contribution in [2.24, 2.45) is 11.8 Å². The number of ketones is 1. The Bertz CT molecular complexity index is 569. The molecule has 2 aromatic rings. The number of hydrogen-bond donors (Lipinski definition) is 0. The predicted molar refractivity (Wildman–Crippen MR) is 77.3 cm³/mol. The second-order valence-electron chi connectivity index (χ2n) is 5.48. The normalized spacial score (nSPS) is 24.3. The zero-order valence-corrected chi connectivity index (χ0v) is 11.5. The van der Waals surface area contributed by atoms with Gasteiger partial charge in [0, 0.05) is 16.2 Å². The first-order chi connectivity index (χ1) is 8.75. The lowest BCUT2D eigenvalue weighted by Gasteiger charge is -2.25. The topological polar surface area (TPSA) is 17.1 Å². The van der Waals surface area contributed by atoms with E-state index in [-0.39, 0.29) is 5.92 Å². The fourth-order valence-corrected chi connectivity index (χ4v) is 4.00. The molecule has 0 amide bonds. The smallest absolute Gasteiger partial charge is 0.167 e. The van der Waals surface area contributed by atoms with Crippen molar-refractivity contribution in [3.8, 4) is 0 Å². The van der Waals surface area contributed by atoms with Crippen LogP contribution in [-0.2, 0) is 0 Å². The largest absolute Gasteiger partial charge is 0.294 e. The maximum absolute atomic E-state index is 12.7. The van der Waals surface area contributed by atoms with Crippen LogP contribution in [0.2, 0.25) is 0 Å². The van der Waals surface area contributed by atoms with Crippen LogP contribution in [0.3, 0.4) is 0 Å². The Morgan fingerprint density at radius 3 is 3.00 bits per heavy atom. The molecule has 0 bridgehead atoms. The summed E-state index contributed by atoms with van der Waals surface area (Å²) in [5.74, 6) is 1.33. The zero-order chi connectivity index (χ0) is 12.5. The first kappa shape index (κ1) is 11.9. The zero-order valence-electron chi connectivity index (χ0n) is 10.7.